The van der Waals surface area contributed by atoms with E-state index in [0.717, 1.165) is 12.1 Å². The molecule has 0 radical (unpaired) electrons. The maximum Gasteiger partial charge on any atom is 0.321 e. The highest BCUT2D eigenvalue weighted by Crippen LogP contribution is 2.16. The molecule has 18 heavy (non-hydrogen) atoms. The summed E-state index contributed by atoms with van der Waals surface area (Å²) in [7, 11) is 0. The van der Waals surface area contributed by atoms with Crippen molar-refractivity contribution in [1.82, 2.24) is 10.3 Å². The van der Waals surface area contributed by atoms with E-state index >= 15 is 0 Å². The number of rotatable bonds is 5. The zero-order valence-corrected chi connectivity index (χ0v) is 12.1. The molecule has 102 valence electrons. The molecule has 0 bridgehead atoms. The standard InChI is InChI=1S/C12H21N3O2S/c1-5-9-6-18-11(14-9)15-10(16)13-7-12(4,17)8(2)3/h6,8,17H,5,7H2,1-4H3,(H2,13,14,15,16). The van der Waals surface area contributed by atoms with Crippen LogP contribution in [0.3, 0.4) is 0 Å². The van der Waals surface area contributed by atoms with Crippen LogP contribution in [0.1, 0.15) is 33.4 Å². The molecule has 1 aromatic rings. The topological polar surface area (TPSA) is 74.2 Å². The average Bonchev–Trinajstić information content (AvgIpc) is 2.74. The van der Waals surface area contributed by atoms with Crippen molar-refractivity contribution in [1.29, 1.82) is 0 Å². The number of aromatic nitrogens is 1. The summed E-state index contributed by atoms with van der Waals surface area (Å²) in [4.78, 5) is 15.8. The molecule has 0 aliphatic rings. The molecule has 2 amide bonds. The number of thiazole rings is 1. The maximum absolute atomic E-state index is 11.6. The molecule has 0 spiro atoms. The molecule has 1 rings (SSSR count). The van der Waals surface area contributed by atoms with Gasteiger partial charge in [-0.1, -0.05) is 20.8 Å². The first-order chi connectivity index (χ1) is 8.35. The van der Waals surface area contributed by atoms with Gasteiger partial charge in [-0.2, -0.15) is 0 Å². The highest BCUT2D eigenvalue weighted by molar-refractivity contribution is 7.13. The molecular formula is C12H21N3O2S. The van der Waals surface area contributed by atoms with Gasteiger partial charge in [0.2, 0.25) is 0 Å². The smallest absolute Gasteiger partial charge is 0.321 e. The Kier molecular flexibility index (Phi) is 5.10. The van der Waals surface area contributed by atoms with Gasteiger partial charge in [0.1, 0.15) is 0 Å². The number of nitrogens with zero attached hydrogens (tertiary/aromatic N) is 1. The number of urea groups is 1. The SMILES string of the molecule is CCc1csc(NC(=O)NCC(C)(O)C(C)C)n1. The summed E-state index contributed by atoms with van der Waals surface area (Å²) < 4.78 is 0. The van der Waals surface area contributed by atoms with Gasteiger partial charge in [0.15, 0.2) is 5.13 Å². The fraction of sp³-hybridized carbons (Fsp3) is 0.667. The highest BCUT2D eigenvalue weighted by atomic mass is 32.1. The monoisotopic (exact) mass is 271 g/mol. The molecule has 0 aliphatic heterocycles. The van der Waals surface area contributed by atoms with Crippen LogP contribution in [0.25, 0.3) is 0 Å². The summed E-state index contributed by atoms with van der Waals surface area (Å²) in [6.45, 7) is 7.75. The minimum absolute atomic E-state index is 0.0735. The average molecular weight is 271 g/mol. The predicted octanol–water partition coefficient (Wildman–Crippen LogP) is 2.23. The molecule has 1 unspecified atom stereocenters. The minimum Gasteiger partial charge on any atom is -0.388 e. The van der Waals surface area contributed by atoms with Crippen LogP contribution in [-0.4, -0.2) is 28.3 Å². The second kappa shape index (κ2) is 6.15. The van der Waals surface area contributed by atoms with Crippen molar-refractivity contribution in [2.75, 3.05) is 11.9 Å². The van der Waals surface area contributed by atoms with Gasteiger partial charge in [-0.05, 0) is 19.3 Å². The molecule has 0 saturated carbocycles. The van der Waals surface area contributed by atoms with Gasteiger partial charge in [0.05, 0.1) is 11.3 Å². The number of hydrogen-bond acceptors (Lipinski definition) is 4. The Morgan fingerprint density at radius 1 is 1.61 bits per heavy atom. The molecule has 0 aromatic carbocycles. The van der Waals surface area contributed by atoms with Gasteiger partial charge in [0, 0.05) is 11.9 Å². The summed E-state index contributed by atoms with van der Waals surface area (Å²) in [6, 6.07) is -0.340. The van der Waals surface area contributed by atoms with Gasteiger partial charge in [-0.15, -0.1) is 11.3 Å². The number of anilines is 1. The largest absolute Gasteiger partial charge is 0.388 e. The van der Waals surface area contributed by atoms with Crippen molar-refractivity contribution in [3.8, 4) is 0 Å². The first kappa shape index (κ1) is 14.9. The molecule has 1 atom stereocenters. The molecule has 3 N–H and O–H groups in total. The van der Waals surface area contributed by atoms with Crippen LogP contribution in [-0.2, 0) is 6.42 Å². The van der Waals surface area contributed by atoms with E-state index in [4.69, 9.17) is 0 Å². The van der Waals surface area contributed by atoms with E-state index < -0.39 is 5.60 Å². The lowest BCUT2D eigenvalue weighted by atomic mass is 9.93. The third-order valence-electron chi connectivity index (χ3n) is 2.99. The van der Waals surface area contributed by atoms with Crippen LogP contribution in [0, 0.1) is 5.92 Å². The molecule has 0 saturated heterocycles. The quantitative estimate of drug-likeness (QED) is 0.769. The van der Waals surface area contributed by atoms with Crippen molar-refractivity contribution in [2.45, 2.75) is 39.7 Å². The Labute approximate surface area is 112 Å². The van der Waals surface area contributed by atoms with Crippen molar-refractivity contribution in [3.63, 3.8) is 0 Å². The Morgan fingerprint density at radius 3 is 2.78 bits per heavy atom. The Hall–Kier alpha value is -1.14. The Morgan fingerprint density at radius 2 is 2.28 bits per heavy atom. The van der Waals surface area contributed by atoms with Gasteiger partial charge in [0.25, 0.3) is 0 Å². The van der Waals surface area contributed by atoms with Crippen LogP contribution in [0.15, 0.2) is 5.38 Å². The molecule has 1 heterocycles. The maximum atomic E-state index is 11.6. The van der Waals surface area contributed by atoms with E-state index in [9.17, 15) is 9.90 Å². The second-order valence-corrected chi connectivity index (χ2v) is 5.68. The van der Waals surface area contributed by atoms with Gasteiger partial charge in [-0.3, -0.25) is 5.32 Å². The van der Waals surface area contributed by atoms with Crippen molar-refractivity contribution >= 4 is 22.5 Å². The Bertz CT molecular complexity index is 402. The molecule has 6 heteroatoms. The van der Waals surface area contributed by atoms with Crippen LogP contribution in [0.5, 0.6) is 0 Å². The summed E-state index contributed by atoms with van der Waals surface area (Å²) in [5.41, 5.74) is 0.0545. The summed E-state index contributed by atoms with van der Waals surface area (Å²) in [5, 5.41) is 17.8. The third-order valence-corrected chi connectivity index (χ3v) is 3.79. The number of hydrogen-bond donors (Lipinski definition) is 3. The van der Waals surface area contributed by atoms with Gasteiger partial charge >= 0.3 is 6.03 Å². The van der Waals surface area contributed by atoms with E-state index in [2.05, 4.69) is 15.6 Å². The zero-order valence-electron chi connectivity index (χ0n) is 11.3. The fourth-order valence-electron chi connectivity index (χ4n) is 1.13. The second-order valence-electron chi connectivity index (χ2n) is 4.82. The minimum atomic E-state index is -0.908. The van der Waals surface area contributed by atoms with E-state index in [1.165, 1.54) is 11.3 Å². The van der Waals surface area contributed by atoms with Gasteiger partial charge < -0.3 is 10.4 Å². The molecule has 0 aliphatic carbocycles. The number of nitrogens with one attached hydrogen (secondary N) is 2. The molecule has 0 fully saturated rings. The first-order valence-corrected chi connectivity index (χ1v) is 6.94. The van der Waals surface area contributed by atoms with Crippen LogP contribution < -0.4 is 10.6 Å². The summed E-state index contributed by atoms with van der Waals surface area (Å²) in [5.74, 6) is 0.0735. The zero-order chi connectivity index (χ0) is 13.8. The fourth-order valence-corrected chi connectivity index (χ4v) is 1.92. The number of aliphatic hydroxyl groups is 1. The van der Waals surface area contributed by atoms with Crippen LogP contribution in [0.4, 0.5) is 9.93 Å². The summed E-state index contributed by atoms with van der Waals surface area (Å²) >= 11 is 1.40. The van der Waals surface area contributed by atoms with Crippen molar-refractivity contribution < 1.29 is 9.90 Å². The normalized spacial score (nSPS) is 14.3. The Balaban J connectivity index is 2.42. The molecule has 5 nitrogen and oxygen atoms in total. The first-order valence-electron chi connectivity index (χ1n) is 6.06. The highest BCUT2D eigenvalue weighted by Gasteiger charge is 2.25. The predicted molar refractivity (Wildman–Crippen MR) is 74.0 cm³/mol. The lowest BCUT2D eigenvalue weighted by Crippen LogP contribution is -2.45. The van der Waals surface area contributed by atoms with E-state index in [1.54, 1.807) is 6.92 Å². The number of amides is 2. The van der Waals surface area contributed by atoms with E-state index in [1.807, 2.05) is 26.2 Å². The van der Waals surface area contributed by atoms with E-state index in [0.29, 0.717) is 5.13 Å². The lowest BCUT2D eigenvalue weighted by Gasteiger charge is -2.27. The number of carbonyl (C=O) groups excluding carboxylic acids is 1. The van der Waals surface area contributed by atoms with Crippen LogP contribution >= 0.6 is 11.3 Å². The van der Waals surface area contributed by atoms with Crippen molar-refractivity contribution in [2.24, 2.45) is 5.92 Å². The van der Waals surface area contributed by atoms with Crippen molar-refractivity contribution in [3.05, 3.63) is 11.1 Å². The number of aryl methyl sites for hydroxylation is 1. The third kappa shape index (κ3) is 4.27. The van der Waals surface area contributed by atoms with E-state index in [-0.39, 0.29) is 18.5 Å². The molecule has 1 aromatic heterocycles. The lowest BCUT2D eigenvalue weighted by molar-refractivity contribution is 0.0170. The molecular weight excluding hydrogens is 250 g/mol. The van der Waals surface area contributed by atoms with Gasteiger partial charge in [-0.25, -0.2) is 9.78 Å². The summed E-state index contributed by atoms with van der Waals surface area (Å²) in [6.07, 6.45) is 0.849. The number of carbonyl (C=O) groups is 1. The van der Waals surface area contributed by atoms with Crippen LogP contribution in [0.2, 0.25) is 0 Å².